The molecule has 0 unspecified atom stereocenters. The first-order valence-electron chi connectivity index (χ1n) is 6.87. The average molecular weight is 312 g/mol. The normalized spacial score (nSPS) is 22.1. The average Bonchev–Trinajstić information content (AvgIpc) is 3.01. The van der Waals surface area contributed by atoms with E-state index >= 15 is 0 Å². The van der Waals surface area contributed by atoms with Crippen LogP contribution in [0.3, 0.4) is 0 Å². The van der Waals surface area contributed by atoms with Gasteiger partial charge < -0.3 is 20.1 Å². The fourth-order valence-corrected chi connectivity index (χ4v) is 3.19. The highest BCUT2D eigenvalue weighted by atomic mass is 32.1. The molecule has 1 aliphatic heterocycles. The van der Waals surface area contributed by atoms with Crippen LogP contribution in [0.2, 0.25) is 0 Å². The number of aliphatic hydroxyl groups excluding tert-OH is 1. The van der Waals surface area contributed by atoms with Crippen molar-refractivity contribution in [1.29, 1.82) is 0 Å². The summed E-state index contributed by atoms with van der Waals surface area (Å²) in [5, 5.41) is 14.1. The van der Waals surface area contributed by atoms with E-state index in [0.717, 1.165) is 0 Å². The third-order valence-electron chi connectivity index (χ3n) is 3.63. The van der Waals surface area contributed by atoms with Crippen LogP contribution in [-0.4, -0.2) is 61.3 Å². The highest BCUT2D eigenvalue weighted by Gasteiger charge is 2.32. The molecule has 7 heteroatoms. The molecule has 1 aromatic heterocycles. The van der Waals surface area contributed by atoms with E-state index in [1.165, 1.54) is 18.4 Å². The first-order valence-corrected chi connectivity index (χ1v) is 7.75. The number of hydrogen-bond acceptors (Lipinski definition) is 5. The van der Waals surface area contributed by atoms with Gasteiger partial charge in [-0.15, -0.1) is 11.3 Å². The van der Waals surface area contributed by atoms with Crippen molar-refractivity contribution in [3.05, 3.63) is 22.4 Å². The largest absolute Gasteiger partial charge is 0.396 e. The molecule has 2 amide bonds. The van der Waals surface area contributed by atoms with E-state index in [1.807, 2.05) is 11.4 Å². The number of nitrogens with one attached hydrogen (secondary N) is 1. The molecule has 0 aliphatic carbocycles. The molecule has 0 spiro atoms. The van der Waals surface area contributed by atoms with E-state index < -0.39 is 0 Å². The van der Waals surface area contributed by atoms with Crippen LogP contribution < -0.4 is 5.32 Å². The molecular formula is C14H20N2O4S. The number of hydrogen-bond donors (Lipinski definition) is 2. The van der Waals surface area contributed by atoms with Crippen LogP contribution in [0.15, 0.2) is 17.5 Å². The van der Waals surface area contributed by atoms with Gasteiger partial charge in [-0.25, -0.2) is 0 Å². The summed E-state index contributed by atoms with van der Waals surface area (Å²) in [5.41, 5.74) is 0. The zero-order valence-electron chi connectivity index (χ0n) is 11.9. The lowest BCUT2D eigenvalue weighted by atomic mass is 9.92. The maximum absolute atomic E-state index is 12.3. The summed E-state index contributed by atoms with van der Waals surface area (Å²) in [4.78, 5) is 26.4. The minimum Gasteiger partial charge on any atom is -0.396 e. The number of rotatable bonds is 5. The Labute approximate surface area is 127 Å². The summed E-state index contributed by atoms with van der Waals surface area (Å²) in [7, 11) is 1.45. The molecule has 1 fully saturated rings. The zero-order chi connectivity index (χ0) is 15.2. The molecule has 116 valence electrons. The minimum atomic E-state index is -0.240. The number of thiophene rings is 1. The number of carbonyl (C=O) groups excluding carboxylic acids is 2. The van der Waals surface area contributed by atoms with Gasteiger partial charge in [-0.2, -0.15) is 0 Å². The molecule has 1 aromatic rings. The van der Waals surface area contributed by atoms with Crippen molar-refractivity contribution >= 4 is 23.2 Å². The first-order chi connectivity index (χ1) is 10.2. The molecule has 0 saturated carbocycles. The van der Waals surface area contributed by atoms with Crippen molar-refractivity contribution < 1.29 is 19.4 Å². The van der Waals surface area contributed by atoms with Crippen LogP contribution in [0.5, 0.6) is 0 Å². The maximum Gasteiger partial charge on any atom is 0.263 e. The van der Waals surface area contributed by atoms with E-state index in [1.54, 1.807) is 11.0 Å². The van der Waals surface area contributed by atoms with Crippen molar-refractivity contribution in [3.63, 3.8) is 0 Å². The van der Waals surface area contributed by atoms with E-state index in [9.17, 15) is 14.7 Å². The summed E-state index contributed by atoms with van der Waals surface area (Å²) in [5.74, 6) is -0.281. The SMILES string of the molecule is COCC(=O)N[C@@H]1CN(C(=O)c2cccs2)CC[C@@H]1CO. The topological polar surface area (TPSA) is 78.9 Å². The Kier molecular flexibility index (Phi) is 5.72. The van der Waals surface area contributed by atoms with Crippen LogP contribution in [0.4, 0.5) is 0 Å². The third kappa shape index (κ3) is 4.03. The van der Waals surface area contributed by atoms with Crippen LogP contribution >= 0.6 is 11.3 Å². The lowest BCUT2D eigenvalue weighted by Gasteiger charge is -2.38. The first kappa shape index (κ1) is 15.9. The van der Waals surface area contributed by atoms with Crippen LogP contribution in [-0.2, 0) is 9.53 Å². The van der Waals surface area contributed by atoms with E-state index in [2.05, 4.69) is 5.32 Å². The Bertz CT molecular complexity index is 477. The summed E-state index contributed by atoms with van der Waals surface area (Å²) >= 11 is 1.41. The second-order valence-corrected chi connectivity index (χ2v) is 6.01. The molecule has 2 rings (SSSR count). The van der Waals surface area contributed by atoms with Gasteiger partial charge in [0.2, 0.25) is 5.91 Å². The van der Waals surface area contributed by atoms with E-state index in [-0.39, 0.29) is 37.0 Å². The van der Waals surface area contributed by atoms with Gasteiger partial charge in [0.25, 0.3) is 5.91 Å². The highest BCUT2D eigenvalue weighted by Crippen LogP contribution is 2.21. The number of nitrogens with zero attached hydrogens (tertiary/aromatic N) is 1. The van der Waals surface area contributed by atoms with Crippen molar-refractivity contribution in [2.45, 2.75) is 12.5 Å². The molecule has 0 bridgehead atoms. The molecule has 0 radical (unpaired) electrons. The summed E-state index contributed by atoms with van der Waals surface area (Å²) in [6.07, 6.45) is 0.672. The number of ether oxygens (including phenoxy) is 1. The second kappa shape index (κ2) is 7.53. The van der Waals surface area contributed by atoms with E-state index in [0.29, 0.717) is 24.4 Å². The second-order valence-electron chi connectivity index (χ2n) is 5.07. The smallest absolute Gasteiger partial charge is 0.263 e. The summed E-state index contributed by atoms with van der Waals surface area (Å²) < 4.78 is 4.79. The Morgan fingerprint density at radius 2 is 2.38 bits per heavy atom. The lowest BCUT2D eigenvalue weighted by molar-refractivity contribution is -0.126. The van der Waals surface area contributed by atoms with Gasteiger partial charge in [0, 0.05) is 32.7 Å². The lowest BCUT2D eigenvalue weighted by Crippen LogP contribution is -2.55. The molecule has 2 N–H and O–H groups in total. The molecule has 21 heavy (non-hydrogen) atoms. The van der Waals surface area contributed by atoms with Crippen molar-refractivity contribution in [1.82, 2.24) is 10.2 Å². The number of likely N-dealkylation sites (tertiary alicyclic amines) is 1. The summed E-state index contributed by atoms with van der Waals surface area (Å²) in [6, 6.07) is 3.40. The molecule has 1 aliphatic rings. The van der Waals surface area contributed by atoms with Gasteiger partial charge in [-0.1, -0.05) is 6.07 Å². The molecule has 2 atom stereocenters. The van der Waals surface area contributed by atoms with Crippen molar-refractivity contribution in [2.75, 3.05) is 33.4 Å². The fraction of sp³-hybridized carbons (Fsp3) is 0.571. The van der Waals surface area contributed by atoms with Gasteiger partial charge in [0.1, 0.15) is 6.61 Å². The van der Waals surface area contributed by atoms with Gasteiger partial charge in [-0.3, -0.25) is 9.59 Å². The highest BCUT2D eigenvalue weighted by molar-refractivity contribution is 7.12. The van der Waals surface area contributed by atoms with Crippen LogP contribution in [0.1, 0.15) is 16.1 Å². The van der Waals surface area contributed by atoms with Crippen LogP contribution in [0.25, 0.3) is 0 Å². The van der Waals surface area contributed by atoms with Gasteiger partial charge >= 0.3 is 0 Å². The third-order valence-corrected chi connectivity index (χ3v) is 4.49. The number of piperidine rings is 1. The van der Waals surface area contributed by atoms with Crippen molar-refractivity contribution in [2.24, 2.45) is 5.92 Å². The molecular weight excluding hydrogens is 292 g/mol. The Hall–Kier alpha value is -1.44. The maximum atomic E-state index is 12.3. The standard InChI is InChI=1S/C14H20N2O4S/c1-20-9-13(18)15-11-7-16(5-4-10(11)8-17)14(19)12-3-2-6-21-12/h2-3,6,10-11,17H,4-5,7-9H2,1H3,(H,15,18)/t10-,11-/m1/s1. The number of methoxy groups -OCH3 is 1. The minimum absolute atomic E-state index is 0.00103. The molecule has 2 heterocycles. The summed E-state index contributed by atoms with van der Waals surface area (Å²) in [6.45, 7) is 0.989. The Morgan fingerprint density at radius 1 is 1.57 bits per heavy atom. The number of amides is 2. The Morgan fingerprint density at radius 3 is 3.00 bits per heavy atom. The molecule has 0 aromatic carbocycles. The van der Waals surface area contributed by atoms with Crippen molar-refractivity contribution in [3.8, 4) is 0 Å². The quantitative estimate of drug-likeness (QED) is 0.821. The monoisotopic (exact) mass is 312 g/mol. The Balaban J connectivity index is 2.00. The van der Waals surface area contributed by atoms with Crippen LogP contribution in [0, 0.1) is 5.92 Å². The number of aliphatic hydroxyl groups is 1. The zero-order valence-corrected chi connectivity index (χ0v) is 12.8. The predicted molar refractivity (Wildman–Crippen MR) is 79.2 cm³/mol. The van der Waals surface area contributed by atoms with Gasteiger partial charge in [0.15, 0.2) is 0 Å². The van der Waals surface area contributed by atoms with Gasteiger partial charge in [-0.05, 0) is 17.9 Å². The van der Waals surface area contributed by atoms with E-state index in [4.69, 9.17) is 4.74 Å². The molecule has 1 saturated heterocycles. The fourth-order valence-electron chi connectivity index (χ4n) is 2.50. The number of carbonyl (C=O) groups is 2. The van der Waals surface area contributed by atoms with Gasteiger partial charge in [0.05, 0.1) is 10.9 Å². The predicted octanol–water partition coefficient (Wildman–Crippen LogP) is 0.334. The molecule has 6 nitrogen and oxygen atoms in total.